The molecule has 1 rings (SSSR count). The molecule has 1 aromatic rings. The lowest BCUT2D eigenvalue weighted by atomic mass is 10.1. The first-order valence-electron chi connectivity index (χ1n) is 6.73. The molecule has 0 saturated carbocycles. The standard InChI is InChI=1S/C15H21N2O4P/c1-10(18)17(11(2)19)13-7-5-12(6-8-13)9-14(16(3)22)15(20)21-4/h5-8,14H,9,22H2,1-4H3/t14-/m0/s1. The molecule has 0 aliphatic carbocycles. The molecule has 1 unspecified atom stereocenters. The summed E-state index contributed by atoms with van der Waals surface area (Å²) in [7, 11) is 5.57. The van der Waals surface area contributed by atoms with Gasteiger partial charge in [0, 0.05) is 13.8 Å². The molecule has 2 atom stereocenters. The Hall–Kier alpha value is -1.78. The summed E-state index contributed by atoms with van der Waals surface area (Å²) in [5, 5.41) is 0. The molecule has 0 fully saturated rings. The maximum atomic E-state index is 11.7. The molecule has 0 N–H and O–H groups in total. The summed E-state index contributed by atoms with van der Waals surface area (Å²) in [6, 6.07) is 6.54. The Morgan fingerprint density at radius 1 is 1.14 bits per heavy atom. The van der Waals surface area contributed by atoms with Crippen LogP contribution in [0, 0.1) is 0 Å². The summed E-state index contributed by atoms with van der Waals surface area (Å²) in [5.74, 6) is -0.995. The summed E-state index contributed by atoms with van der Waals surface area (Å²) >= 11 is 0. The summed E-state index contributed by atoms with van der Waals surface area (Å²) in [6.45, 7) is 2.68. The number of hydrogen-bond acceptors (Lipinski definition) is 5. The fourth-order valence-electron chi connectivity index (χ4n) is 2.12. The molecular formula is C15H21N2O4P. The van der Waals surface area contributed by atoms with E-state index in [0.717, 1.165) is 10.5 Å². The van der Waals surface area contributed by atoms with Gasteiger partial charge in [0.25, 0.3) is 0 Å². The summed E-state index contributed by atoms with van der Waals surface area (Å²) < 4.78 is 6.48. The zero-order valence-corrected chi connectivity index (χ0v) is 14.4. The van der Waals surface area contributed by atoms with Gasteiger partial charge in [-0.1, -0.05) is 21.5 Å². The molecule has 120 valence electrons. The predicted octanol–water partition coefficient (Wildman–Crippen LogP) is 1.39. The highest BCUT2D eigenvalue weighted by Crippen LogP contribution is 2.18. The summed E-state index contributed by atoms with van der Waals surface area (Å²) in [5.41, 5.74) is 1.41. The van der Waals surface area contributed by atoms with E-state index < -0.39 is 6.04 Å². The Balaban J connectivity index is 2.95. The molecular weight excluding hydrogens is 303 g/mol. The molecule has 0 saturated heterocycles. The van der Waals surface area contributed by atoms with Crippen LogP contribution in [-0.4, -0.2) is 42.7 Å². The second kappa shape index (κ2) is 8.01. The Morgan fingerprint density at radius 3 is 2.00 bits per heavy atom. The van der Waals surface area contributed by atoms with Crippen molar-refractivity contribution in [2.75, 3.05) is 19.1 Å². The number of hydrogen-bond donors (Lipinski definition) is 0. The lowest BCUT2D eigenvalue weighted by Crippen LogP contribution is -2.35. The molecule has 7 heteroatoms. The lowest BCUT2D eigenvalue weighted by molar-refractivity contribution is -0.144. The maximum Gasteiger partial charge on any atom is 0.323 e. The maximum absolute atomic E-state index is 11.7. The Labute approximate surface area is 132 Å². The van der Waals surface area contributed by atoms with Gasteiger partial charge in [0.05, 0.1) is 12.8 Å². The molecule has 0 radical (unpaired) electrons. The van der Waals surface area contributed by atoms with Crippen molar-refractivity contribution in [2.24, 2.45) is 0 Å². The van der Waals surface area contributed by atoms with Crippen molar-refractivity contribution >= 4 is 32.9 Å². The molecule has 0 aromatic heterocycles. The highest BCUT2D eigenvalue weighted by molar-refractivity contribution is 7.13. The van der Waals surface area contributed by atoms with E-state index in [4.69, 9.17) is 4.74 Å². The number of esters is 1. The van der Waals surface area contributed by atoms with E-state index in [0.29, 0.717) is 12.1 Å². The smallest absolute Gasteiger partial charge is 0.323 e. The number of carbonyl (C=O) groups is 3. The topological polar surface area (TPSA) is 66.9 Å². The van der Waals surface area contributed by atoms with Crippen LogP contribution in [0.3, 0.4) is 0 Å². The minimum absolute atomic E-state index is 0.323. The SMILES string of the molecule is COC(=O)[C@H](Cc1ccc(N(C(C)=O)C(C)=O)cc1)N(C)P. The second-order valence-electron chi connectivity index (χ2n) is 4.95. The fraction of sp³-hybridized carbons (Fsp3) is 0.400. The van der Waals surface area contributed by atoms with Crippen LogP contribution in [0.4, 0.5) is 5.69 Å². The van der Waals surface area contributed by atoms with Crippen molar-refractivity contribution < 1.29 is 19.1 Å². The highest BCUT2D eigenvalue weighted by Gasteiger charge is 2.22. The van der Waals surface area contributed by atoms with Gasteiger partial charge >= 0.3 is 5.97 Å². The number of amides is 2. The van der Waals surface area contributed by atoms with Crippen LogP contribution in [0.2, 0.25) is 0 Å². The van der Waals surface area contributed by atoms with Gasteiger partial charge in [0.1, 0.15) is 6.04 Å². The van der Waals surface area contributed by atoms with Crippen molar-refractivity contribution in [2.45, 2.75) is 26.3 Å². The lowest BCUT2D eigenvalue weighted by Gasteiger charge is -2.22. The average Bonchev–Trinajstić information content (AvgIpc) is 2.44. The van der Waals surface area contributed by atoms with Crippen molar-refractivity contribution in [3.05, 3.63) is 29.8 Å². The average molecular weight is 324 g/mol. The van der Waals surface area contributed by atoms with Gasteiger partial charge in [-0.2, -0.15) is 0 Å². The number of nitrogens with zero attached hydrogens (tertiary/aromatic N) is 2. The Morgan fingerprint density at radius 2 is 1.64 bits per heavy atom. The van der Waals surface area contributed by atoms with Gasteiger partial charge in [0.2, 0.25) is 11.8 Å². The number of carbonyl (C=O) groups excluding carboxylic acids is 3. The van der Waals surface area contributed by atoms with Crippen LogP contribution in [0.15, 0.2) is 24.3 Å². The Kier molecular flexibility index (Phi) is 6.65. The van der Waals surface area contributed by atoms with E-state index in [1.165, 1.54) is 21.0 Å². The zero-order chi connectivity index (χ0) is 16.9. The second-order valence-corrected chi connectivity index (χ2v) is 5.76. The number of benzene rings is 1. The predicted molar refractivity (Wildman–Crippen MR) is 87.3 cm³/mol. The van der Waals surface area contributed by atoms with Crippen LogP contribution in [-0.2, 0) is 25.5 Å². The molecule has 6 nitrogen and oxygen atoms in total. The monoisotopic (exact) mass is 324 g/mol. The van der Waals surface area contributed by atoms with Gasteiger partial charge < -0.3 is 4.74 Å². The molecule has 0 heterocycles. The number of anilines is 1. The number of ether oxygens (including phenoxy) is 1. The van der Waals surface area contributed by atoms with Crippen LogP contribution < -0.4 is 4.90 Å². The normalized spacial score (nSPS) is 11.9. The third kappa shape index (κ3) is 4.61. The number of rotatable bonds is 5. The van der Waals surface area contributed by atoms with Gasteiger partial charge in [-0.05, 0) is 31.2 Å². The minimum atomic E-state index is -0.419. The van der Waals surface area contributed by atoms with Crippen molar-refractivity contribution in [1.29, 1.82) is 0 Å². The van der Waals surface area contributed by atoms with Crippen molar-refractivity contribution in [3.8, 4) is 0 Å². The third-order valence-corrected chi connectivity index (χ3v) is 3.58. The zero-order valence-electron chi connectivity index (χ0n) is 13.2. The first kappa shape index (κ1) is 18.3. The fourth-order valence-corrected chi connectivity index (χ4v) is 2.35. The van der Waals surface area contributed by atoms with Gasteiger partial charge in [0.15, 0.2) is 0 Å². The molecule has 0 bridgehead atoms. The van der Waals surface area contributed by atoms with Crippen LogP contribution in [0.25, 0.3) is 0 Å². The van der Waals surface area contributed by atoms with E-state index in [9.17, 15) is 14.4 Å². The van der Waals surface area contributed by atoms with E-state index in [-0.39, 0.29) is 17.8 Å². The largest absolute Gasteiger partial charge is 0.468 e. The molecule has 1 aromatic carbocycles. The van der Waals surface area contributed by atoms with Crippen LogP contribution in [0.5, 0.6) is 0 Å². The Bertz CT molecular complexity index is 543. The first-order chi connectivity index (χ1) is 10.3. The molecule has 22 heavy (non-hydrogen) atoms. The van der Waals surface area contributed by atoms with Crippen LogP contribution >= 0.6 is 9.39 Å². The van der Waals surface area contributed by atoms with E-state index in [1.54, 1.807) is 36.0 Å². The third-order valence-electron chi connectivity index (χ3n) is 3.22. The van der Waals surface area contributed by atoms with Crippen molar-refractivity contribution in [3.63, 3.8) is 0 Å². The highest BCUT2D eigenvalue weighted by atomic mass is 31.0. The number of imide groups is 1. The van der Waals surface area contributed by atoms with E-state index >= 15 is 0 Å². The first-order valence-corrected chi connectivity index (χ1v) is 7.25. The summed E-state index contributed by atoms with van der Waals surface area (Å²) in [4.78, 5) is 35.8. The van der Waals surface area contributed by atoms with Gasteiger partial charge in [-0.3, -0.25) is 24.0 Å². The summed E-state index contributed by atoms with van der Waals surface area (Å²) in [6.07, 6.45) is 0.465. The molecule has 0 aliphatic heterocycles. The van der Waals surface area contributed by atoms with E-state index in [2.05, 4.69) is 9.39 Å². The van der Waals surface area contributed by atoms with Crippen molar-refractivity contribution in [1.82, 2.24) is 4.67 Å². The number of methoxy groups -OCH3 is 1. The number of likely N-dealkylation sites (N-methyl/N-ethyl adjacent to an activating group) is 1. The van der Waals surface area contributed by atoms with Crippen LogP contribution in [0.1, 0.15) is 19.4 Å². The van der Waals surface area contributed by atoms with Gasteiger partial charge in [-0.15, -0.1) is 0 Å². The molecule has 0 spiro atoms. The van der Waals surface area contributed by atoms with Gasteiger partial charge in [-0.25, -0.2) is 0 Å². The molecule has 0 aliphatic rings. The quantitative estimate of drug-likeness (QED) is 0.605. The molecule has 2 amide bonds. The minimum Gasteiger partial charge on any atom is -0.468 e. The van der Waals surface area contributed by atoms with E-state index in [1.807, 2.05) is 0 Å².